The summed E-state index contributed by atoms with van der Waals surface area (Å²) in [4.78, 5) is 5.08. The van der Waals surface area contributed by atoms with E-state index in [9.17, 15) is 0 Å². The molecule has 0 atom stereocenters. The average molecular weight is 385 g/mol. The van der Waals surface area contributed by atoms with E-state index in [1.807, 2.05) is 10.9 Å². The summed E-state index contributed by atoms with van der Waals surface area (Å²) in [6.45, 7) is 10.1. The van der Waals surface area contributed by atoms with Crippen LogP contribution in [0, 0.1) is 5.92 Å². The molecule has 2 aromatic rings. The number of hydrogen-bond donors (Lipinski definition) is 0. The second kappa shape index (κ2) is 10.1. The minimum atomic E-state index is 0.432. The van der Waals surface area contributed by atoms with Gasteiger partial charge in [-0.05, 0) is 76.9 Å². The highest BCUT2D eigenvalue weighted by molar-refractivity contribution is 5.27. The molecule has 0 unspecified atom stereocenters. The molecule has 1 fully saturated rings. The van der Waals surface area contributed by atoms with E-state index in [1.54, 1.807) is 7.11 Å². The Morgan fingerprint density at radius 1 is 1.14 bits per heavy atom. The minimum absolute atomic E-state index is 0.432. The van der Waals surface area contributed by atoms with E-state index in [0.717, 1.165) is 31.2 Å². The lowest BCUT2D eigenvalue weighted by Crippen LogP contribution is -2.38. The van der Waals surface area contributed by atoms with Crippen LogP contribution in [0.2, 0.25) is 0 Å². The van der Waals surface area contributed by atoms with Crippen LogP contribution in [0.15, 0.2) is 36.7 Å². The van der Waals surface area contributed by atoms with Crippen LogP contribution in [-0.4, -0.2) is 59.9 Å². The normalized spacial score (nSPS) is 16.2. The lowest BCUT2D eigenvalue weighted by atomic mass is 9.96. The zero-order valence-corrected chi connectivity index (χ0v) is 18.0. The Morgan fingerprint density at radius 3 is 2.46 bits per heavy atom. The molecule has 0 spiro atoms. The highest BCUT2D eigenvalue weighted by Crippen LogP contribution is 2.20. The first kappa shape index (κ1) is 20.9. The average Bonchev–Trinajstić information content (AvgIpc) is 3.16. The maximum Gasteiger partial charge on any atom is 0.118 e. The molecule has 1 aliphatic heterocycles. The molecular formula is C23H36N4O. The molecule has 1 aliphatic rings. The summed E-state index contributed by atoms with van der Waals surface area (Å²) in [6.07, 6.45) is 7.92. The van der Waals surface area contributed by atoms with Crippen molar-refractivity contribution >= 4 is 0 Å². The summed E-state index contributed by atoms with van der Waals surface area (Å²) in [6, 6.07) is 8.91. The lowest BCUT2D eigenvalue weighted by Gasteiger charge is -2.33. The Labute approximate surface area is 170 Å². The van der Waals surface area contributed by atoms with Gasteiger partial charge in [0.1, 0.15) is 5.75 Å². The molecule has 0 bridgehead atoms. The molecule has 1 aromatic carbocycles. The number of aromatic nitrogens is 2. The second-order valence-electron chi connectivity index (χ2n) is 8.50. The van der Waals surface area contributed by atoms with Crippen LogP contribution in [0.1, 0.15) is 43.9 Å². The maximum atomic E-state index is 5.24. The largest absolute Gasteiger partial charge is 0.497 e. The van der Waals surface area contributed by atoms with E-state index in [4.69, 9.17) is 4.74 Å². The van der Waals surface area contributed by atoms with Crippen LogP contribution in [0.3, 0.4) is 0 Å². The summed E-state index contributed by atoms with van der Waals surface area (Å²) in [5.41, 5.74) is 2.71. The first-order valence-electron chi connectivity index (χ1n) is 10.6. The highest BCUT2D eigenvalue weighted by atomic mass is 16.5. The smallest absolute Gasteiger partial charge is 0.118 e. The molecule has 3 rings (SSSR count). The summed E-state index contributed by atoms with van der Waals surface area (Å²) >= 11 is 0. The standard InChI is InChI=1S/C23H36N4O/c1-19(2)27-18-22(15-24-27)17-25(3)16-21-10-13-26(14-11-21)12-9-20-5-7-23(28-4)8-6-20/h5-8,15,18-19,21H,9-14,16-17H2,1-4H3. The van der Waals surface area contributed by atoms with Gasteiger partial charge in [-0.2, -0.15) is 5.10 Å². The summed E-state index contributed by atoms with van der Waals surface area (Å²) < 4.78 is 7.28. The predicted octanol–water partition coefficient (Wildman–Crippen LogP) is 3.86. The van der Waals surface area contributed by atoms with Crippen LogP contribution in [0.4, 0.5) is 0 Å². The molecule has 28 heavy (non-hydrogen) atoms. The minimum Gasteiger partial charge on any atom is -0.497 e. The van der Waals surface area contributed by atoms with E-state index < -0.39 is 0 Å². The van der Waals surface area contributed by atoms with Crippen molar-refractivity contribution in [1.82, 2.24) is 19.6 Å². The zero-order chi connectivity index (χ0) is 19.9. The Balaban J connectivity index is 1.36. The van der Waals surface area contributed by atoms with Crippen molar-refractivity contribution in [3.05, 3.63) is 47.8 Å². The Morgan fingerprint density at radius 2 is 1.86 bits per heavy atom. The van der Waals surface area contributed by atoms with Crippen molar-refractivity contribution < 1.29 is 4.74 Å². The monoisotopic (exact) mass is 384 g/mol. The molecule has 2 heterocycles. The van der Waals surface area contributed by atoms with Crippen molar-refractivity contribution in [3.8, 4) is 5.75 Å². The first-order chi connectivity index (χ1) is 13.5. The molecule has 0 saturated carbocycles. The van der Waals surface area contributed by atoms with E-state index >= 15 is 0 Å². The molecule has 5 heteroatoms. The fourth-order valence-electron chi connectivity index (χ4n) is 4.03. The van der Waals surface area contributed by atoms with Gasteiger partial charge >= 0.3 is 0 Å². The van der Waals surface area contributed by atoms with E-state index in [1.165, 1.54) is 43.6 Å². The van der Waals surface area contributed by atoms with Gasteiger partial charge in [-0.15, -0.1) is 0 Å². The van der Waals surface area contributed by atoms with Crippen LogP contribution in [0.5, 0.6) is 5.75 Å². The van der Waals surface area contributed by atoms with E-state index in [0.29, 0.717) is 6.04 Å². The number of ether oxygens (including phenoxy) is 1. The lowest BCUT2D eigenvalue weighted by molar-refractivity contribution is 0.153. The fraction of sp³-hybridized carbons (Fsp3) is 0.609. The van der Waals surface area contributed by atoms with Gasteiger partial charge in [0.25, 0.3) is 0 Å². The molecule has 0 radical (unpaired) electrons. The molecule has 0 amide bonds. The molecular weight excluding hydrogens is 348 g/mol. The van der Waals surface area contributed by atoms with Crippen LogP contribution in [-0.2, 0) is 13.0 Å². The topological polar surface area (TPSA) is 33.5 Å². The summed E-state index contributed by atoms with van der Waals surface area (Å²) in [5.74, 6) is 1.74. The molecule has 1 saturated heterocycles. The maximum absolute atomic E-state index is 5.24. The highest BCUT2D eigenvalue weighted by Gasteiger charge is 2.20. The van der Waals surface area contributed by atoms with Crippen LogP contribution < -0.4 is 4.74 Å². The SMILES string of the molecule is COc1ccc(CCN2CCC(CN(C)Cc3cnn(C(C)C)c3)CC2)cc1. The van der Waals surface area contributed by atoms with Gasteiger partial charge in [0.05, 0.1) is 13.3 Å². The van der Waals surface area contributed by atoms with Gasteiger partial charge in [0.15, 0.2) is 0 Å². The number of likely N-dealkylation sites (tertiary alicyclic amines) is 1. The molecule has 5 nitrogen and oxygen atoms in total. The molecule has 0 N–H and O–H groups in total. The van der Waals surface area contributed by atoms with Crippen molar-refractivity contribution in [2.45, 2.75) is 45.7 Å². The van der Waals surface area contributed by atoms with Crippen molar-refractivity contribution in [3.63, 3.8) is 0 Å². The number of methoxy groups -OCH3 is 1. The number of rotatable bonds is 9. The zero-order valence-electron chi connectivity index (χ0n) is 18.0. The van der Waals surface area contributed by atoms with Crippen molar-refractivity contribution in [1.29, 1.82) is 0 Å². The Bertz CT molecular complexity index is 702. The Kier molecular flexibility index (Phi) is 7.51. The summed E-state index contributed by atoms with van der Waals surface area (Å²) in [7, 11) is 3.96. The number of nitrogens with zero attached hydrogens (tertiary/aromatic N) is 4. The predicted molar refractivity (Wildman–Crippen MR) is 115 cm³/mol. The third kappa shape index (κ3) is 6.08. The number of hydrogen-bond acceptors (Lipinski definition) is 4. The summed E-state index contributed by atoms with van der Waals surface area (Å²) in [5, 5.41) is 4.46. The van der Waals surface area contributed by atoms with Gasteiger partial charge in [0, 0.05) is 37.4 Å². The van der Waals surface area contributed by atoms with Gasteiger partial charge in [0.2, 0.25) is 0 Å². The molecule has 0 aliphatic carbocycles. The van der Waals surface area contributed by atoms with Gasteiger partial charge in [-0.1, -0.05) is 12.1 Å². The second-order valence-corrected chi connectivity index (χ2v) is 8.50. The Hall–Kier alpha value is -1.85. The van der Waals surface area contributed by atoms with Gasteiger partial charge < -0.3 is 14.5 Å². The molecule has 154 valence electrons. The van der Waals surface area contributed by atoms with Crippen molar-refractivity contribution in [2.24, 2.45) is 5.92 Å². The first-order valence-corrected chi connectivity index (χ1v) is 10.6. The third-order valence-corrected chi connectivity index (χ3v) is 5.79. The quantitative estimate of drug-likeness (QED) is 0.657. The van der Waals surface area contributed by atoms with E-state index in [2.05, 4.69) is 66.3 Å². The van der Waals surface area contributed by atoms with Gasteiger partial charge in [-0.3, -0.25) is 4.68 Å². The van der Waals surface area contributed by atoms with Crippen molar-refractivity contribution in [2.75, 3.05) is 40.3 Å². The number of piperidine rings is 1. The van der Waals surface area contributed by atoms with Crippen LogP contribution in [0.25, 0.3) is 0 Å². The van der Waals surface area contributed by atoms with Gasteiger partial charge in [-0.25, -0.2) is 0 Å². The third-order valence-electron chi connectivity index (χ3n) is 5.79. The number of benzene rings is 1. The van der Waals surface area contributed by atoms with E-state index in [-0.39, 0.29) is 0 Å². The van der Waals surface area contributed by atoms with Crippen LogP contribution >= 0.6 is 0 Å². The molecule has 1 aromatic heterocycles. The fourth-order valence-corrected chi connectivity index (χ4v) is 4.03.